The van der Waals surface area contributed by atoms with Gasteiger partial charge in [0.2, 0.25) is 10.0 Å². The molecule has 0 radical (unpaired) electrons. The van der Waals surface area contributed by atoms with Gasteiger partial charge in [0, 0.05) is 11.1 Å². The molecule has 0 atom stereocenters. The molecule has 0 heterocycles. The zero-order chi connectivity index (χ0) is 11.8. The number of nitrogens with one attached hydrogen (secondary N) is 1. The monoisotopic (exact) mass is 260 g/mol. The third-order valence-corrected chi connectivity index (χ3v) is 3.92. The van der Waals surface area contributed by atoms with Crippen molar-refractivity contribution in [3.63, 3.8) is 0 Å². The summed E-state index contributed by atoms with van der Waals surface area (Å²) in [6.45, 7) is 0. The molecule has 16 heavy (non-hydrogen) atoms. The van der Waals surface area contributed by atoms with Crippen molar-refractivity contribution in [1.29, 1.82) is 0 Å². The normalized spacial score (nSPS) is 16.9. The molecule has 6 heteroatoms. The predicted molar refractivity (Wildman–Crippen MR) is 64.1 cm³/mol. The summed E-state index contributed by atoms with van der Waals surface area (Å²) in [5, 5.41) is 8.78. The summed E-state index contributed by atoms with van der Waals surface area (Å²) in [4.78, 5) is 0.101. The van der Waals surface area contributed by atoms with Crippen LogP contribution in [-0.2, 0) is 10.0 Å². The summed E-state index contributed by atoms with van der Waals surface area (Å²) in [7, 11) is -3.70. The lowest BCUT2D eigenvalue weighted by Crippen LogP contribution is -2.28. The number of halogens is 1. The van der Waals surface area contributed by atoms with E-state index in [4.69, 9.17) is 16.7 Å². The maximum atomic E-state index is 11.3. The molecule has 88 valence electrons. The molecule has 1 saturated carbocycles. The number of sulfonamides is 1. The number of benzene rings is 1. The molecular formula is C10H13ClN2O2S. The van der Waals surface area contributed by atoms with Gasteiger partial charge in [-0.3, -0.25) is 0 Å². The molecule has 1 aliphatic carbocycles. The third-order valence-electron chi connectivity index (χ3n) is 2.71. The topological polar surface area (TPSA) is 72.2 Å². The molecule has 1 aromatic rings. The maximum absolute atomic E-state index is 11.3. The Kier molecular flexibility index (Phi) is 3.10. The minimum atomic E-state index is -3.70. The largest absolute Gasteiger partial charge is 0.381 e. The molecule has 0 bridgehead atoms. The fraction of sp³-hybridized carbons (Fsp3) is 0.400. The molecule has 1 fully saturated rings. The lowest BCUT2D eigenvalue weighted by atomic mass is 9.93. The standard InChI is InChI=1S/C10H13ClN2O2S/c11-7-4-5-10(16(12,14)15)9(6-7)13-8-2-1-3-8/h4-6,8,13H,1-3H2,(H2,12,14,15). The highest BCUT2D eigenvalue weighted by Crippen LogP contribution is 2.29. The van der Waals surface area contributed by atoms with Gasteiger partial charge in [0.15, 0.2) is 0 Å². The number of anilines is 1. The van der Waals surface area contributed by atoms with Crippen LogP contribution in [0, 0.1) is 0 Å². The summed E-state index contributed by atoms with van der Waals surface area (Å²) >= 11 is 5.84. The first-order valence-electron chi connectivity index (χ1n) is 5.06. The zero-order valence-electron chi connectivity index (χ0n) is 8.61. The Bertz CT molecular complexity index is 498. The highest BCUT2D eigenvalue weighted by atomic mass is 35.5. The van der Waals surface area contributed by atoms with Gasteiger partial charge in [0.05, 0.1) is 5.69 Å². The van der Waals surface area contributed by atoms with Crippen LogP contribution in [0.5, 0.6) is 0 Å². The van der Waals surface area contributed by atoms with Gasteiger partial charge in [-0.25, -0.2) is 13.6 Å². The van der Waals surface area contributed by atoms with E-state index in [-0.39, 0.29) is 4.90 Å². The van der Waals surface area contributed by atoms with Crippen LogP contribution in [0.2, 0.25) is 5.02 Å². The van der Waals surface area contributed by atoms with Crippen molar-refractivity contribution in [2.24, 2.45) is 5.14 Å². The summed E-state index contributed by atoms with van der Waals surface area (Å²) < 4.78 is 22.7. The van der Waals surface area contributed by atoms with Crippen LogP contribution in [0.15, 0.2) is 23.1 Å². The van der Waals surface area contributed by atoms with Crippen LogP contribution in [0.3, 0.4) is 0 Å². The molecular weight excluding hydrogens is 248 g/mol. The highest BCUT2D eigenvalue weighted by molar-refractivity contribution is 7.89. The lowest BCUT2D eigenvalue weighted by Gasteiger charge is -2.28. The number of hydrogen-bond donors (Lipinski definition) is 2. The Hall–Kier alpha value is -0.780. The molecule has 1 aliphatic rings. The molecule has 3 N–H and O–H groups in total. The first-order chi connectivity index (χ1) is 7.47. The van der Waals surface area contributed by atoms with Crippen molar-refractivity contribution < 1.29 is 8.42 Å². The average Bonchev–Trinajstić information content (AvgIpc) is 2.09. The Morgan fingerprint density at radius 3 is 2.56 bits per heavy atom. The van der Waals surface area contributed by atoms with E-state index in [1.165, 1.54) is 18.6 Å². The summed E-state index contributed by atoms with van der Waals surface area (Å²) in [5.41, 5.74) is 0.500. The SMILES string of the molecule is NS(=O)(=O)c1ccc(Cl)cc1NC1CCC1. The predicted octanol–water partition coefficient (Wildman–Crippen LogP) is 1.95. The van der Waals surface area contributed by atoms with E-state index in [0.29, 0.717) is 16.8 Å². The minimum absolute atomic E-state index is 0.101. The van der Waals surface area contributed by atoms with Gasteiger partial charge in [-0.2, -0.15) is 0 Å². The molecule has 0 spiro atoms. The molecule has 1 aromatic carbocycles. The van der Waals surface area contributed by atoms with Gasteiger partial charge in [-0.05, 0) is 37.5 Å². The Balaban J connectivity index is 2.35. The number of nitrogens with two attached hydrogens (primary N) is 1. The molecule has 0 aliphatic heterocycles. The van der Waals surface area contributed by atoms with Crippen LogP contribution in [-0.4, -0.2) is 14.5 Å². The van der Waals surface area contributed by atoms with Crippen molar-refractivity contribution in [1.82, 2.24) is 0 Å². The fourth-order valence-electron chi connectivity index (χ4n) is 1.64. The average molecular weight is 261 g/mol. The van der Waals surface area contributed by atoms with Crippen molar-refractivity contribution in [3.05, 3.63) is 23.2 Å². The van der Waals surface area contributed by atoms with Crippen LogP contribution < -0.4 is 10.5 Å². The lowest BCUT2D eigenvalue weighted by molar-refractivity contribution is 0.445. The molecule has 0 amide bonds. The van der Waals surface area contributed by atoms with E-state index in [2.05, 4.69) is 5.32 Å². The molecule has 0 aromatic heterocycles. The molecule has 0 unspecified atom stereocenters. The van der Waals surface area contributed by atoms with Gasteiger partial charge in [-0.1, -0.05) is 11.6 Å². The first kappa shape index (κ1) is 11.7. The van der Waals surface area contributed by atoms with Crippen LogP contribution in [0.4, 0.5) is 5.69 Å². The van der Waals surface area contributed by atoms with E-state index >= 15 is 0 Å². The summed E-state index contributed by atoms with van der Waals surface area (Å²) in [6.07, 6.45) is 3.27. The number of hydrogen-bond acceptors (Lipinski definition) is 3. The van der Waals surface area contributed by atoms with E-state index in [0.717, 1.165) is 12.8 Å². The molecule has 4 nitrogen and oxygen atoms in total. The van der Waals surface area contributed by atoms with Crippen LogP contribution >= 0.6 is 11.6 Å². The van der Waals surface area contributed by atoms with Crippen LogP contribution in [0.25, 0.3) is 0 Å². The Labute approximate surface area is 99.8 Å². The molecule has 2 rings (SSSR count). The summed E-state index contributed by atoms with van der Waals surface area (Å²) in [6, 6.07) is 4.88. The fourth-order valence-corrected chi connectivity index (χ4v) is 2.49. The van der Waals surface area contributed by atoms with Crippen LogP contribution in [0.1, 0.15) is 19.3 Å². The first-order valence-corrected chi connectivity index (χ1v) is 6.98. The number of primary sulfonamides is 1. The summed E-state index contributed by atoms with van der Waals surface area (Å²) in [5.74, 6) is 0. The second-order valence-corrected chi connectivity index (χ2v) is 5.92. The number of rotatable bonds is 3. The second kappa shape index (κ2) is 4.24. The van der Waals surface area contributed by atoms with E-state index in [1.54, 1.807) is 6.07 Å². The molecule has 0 saturated heterocycles. The van der Waals surface area contributed by atoms with Gasteiger partial charge in [-0.15, -0.1) is 0 Å². The van der Waals surface area contributed by atoms with Crippen molar-refractivity contribution in [3.8, 4) is 0 Å². The smallest absolute Gasteiger partial charge is 0.240 e. The van der Waals surface area contributed by atoms with Crippen molar-refractivity contribution in [2.45, 2.75) is 30.2 Å². The Morgan fingerprint density at radius 2 is 2.06 bits per heavy atom. The minimum Gasteiger partial charge on any atom is -0.381 e. The quantitative estimate of drug-likeness (QED) is 0.873. The highest BCUT2D eigenvalue weighted by Gasteiger charge is 2.21. The van der Waals surface area contributed by atoms with Gasteiger partial charge >= 0.3 is 0 Å². The van der Waals surface area contributed by atoms with Gasteiger partial charge < -0.3 is 5.32 Å². The second-order valence-electron chi connectivity index (χ2n) is 3.96. The zero-order valence-corrected chi connectivity index (χ0v) is 10.2. The Morgan fingerprint density at radius 1 is 1.38 bits per heavy atom. The maximum Gasteiger partial charge on any atom is 0.240 e. The van der Waals surface area contributed by atoms with Gasteiger partial charge in [0.25, 0.3) is 0 Å². The van der Waals surface area contributed by atoms with E-state index in [1.807, 2.05) is 0 Å². The van der Waals surface area contributed by atoms with E-state index < -0.39 is 10.0 Å². The third kappa shape index (κ3) is 2.48. The van der Waals surface area contributed by atoms with Gasteiger partial charge in [0.1, 0.15) is 4.90 Å². The van der Waals surface area contributed by atoms with Crippen molar-refractivity contribution in [2.75, 3.05) is 5.32 Å². The van der Waals surface area contributed by atoms with E-state index in [9.17, 15) is 8.42 Å². The van der Waals surface area contributed by atoms with Crippen molar-refractivity contribution >= 4 is 27.3 Å².